The van der Waals surface area contributed by atoms with Crippen LogP contribution in [0.2, 0.25) is 0 Å². The molecule has 0 bridgehead atoms. The minimum absolute atomic E-state index is 0. The summed E-state index contributed by atoms with van der Waals surface area (Å²) < 4.78 is 0. The van der Waals surface area contributed by atoms with Crippen LogP contribution in [0.4, 0.5) is 0 Å². The van der Waals surface area contributed by atoms with Crippen molar-refractivity contribution in [1.82, 2.24) is 5.32 Å². The Morgan fingerprint density at radius 1 is 1.35 bits per heavy atom. The largest absolute Gasteiger partial charge is 0.353 e. The van der Waals surface area contributed by atoms with Gasteiger partial charge in [0.2, 0.25) is 5.91 Å². The zero-order valence-electron chi connectivity index (χ0n) is 11.3. The van der Waals surface area contributed by atoms with Crippen molar-refractivity contribution in [3.05, 3.63) is 0 Å². The van der Waals surface area contributed by atoms with E-state index in [4.69, 9.17) is 5.73 Å². The summed E-state index contributed by atoms with van der Waals surface area (Å²) in [5.74, 6) is 0.749. The Bertz CT molecular complexity index is 238. The Labute approximate surface area is 111 Å². The van der Waals surface area contributed by atoms with Crippen LogP contribution in [0, 0.1) is 11.3 Å². The molecule has 1 rings (SSSR count). The first-order chi connectivity index (χ1) is 7.47. The molecule has 102 valence electrons. The van der Waals surface area contributed by atoms with Crippen molar-refractivity contribution in [3.63, 3.8) is 0 Å². The number of nitrogens with two attached hydrogens (primary N) is 1. The van der Waals surface area contributed by atoms with Gasteiger partial charge in [-0.1, -0.05) is 19.3 Å². The molecule has 3 nitrogen and oxygen atoms in total. The van der Waals surface area contributed by atoms with Gasteiger partial charge in [0.25, 0.3) is 0 Å². The summed E-state index contributed by atoms with van der Waals surface area (Å²) in [7, 11) is 0. The summed E-state index contributed by atoms with van der Waals surface area (Å²) in [4.78, 5) is 12.0. The number of rotatable bonds is 4. The molecule has 0 aromatic heterocycles. The quantitative estimate of drug-likeness (QED) is 0.818. The Hall–Kier alpha value is -0.280. The fourth-order valence-electron chi connectivity index (χ4n) is 2.25. The first-order valence-electron chi connectivity index (χ1n) is 6.48. The molecule has 0 aromatic carbocycles. The SMILES string of the molecule is CC(NC(=O)C(C)(C)CN)C1CCCCC1.Cl. The first kappa shape index (κ1) is 16.7. The van der Waals surface area contributed by atoms with E-state index in [9.17, 15) is 4.79 Å². The molecular formula is C13H27ClN2O. The predicted octanol–water partition coefficient (Wildman–Crippen LogP) is 2.48. The Morgan fingerprint density at radius 3 is 2.35 bits per heavy atom. The van der Waals surface area contributed by atoms with E-state index in [1.807, 2.05) is 13.8 Å². The molecule has 1 atom stereocenters. The van der Waals surface area contributed by atoms with Gasteiger partial charge in [0.1, 0.15) is 0 Å². The molecule has 0 aliphatic heterocycles. The molecule has 1 fully saturated rings. The van der Waals surface area contributed by atoms with Gasteiger partial charge in [0.05, 0.1) is 5.41 Å². The van der Waals surface area contributed by atoms with Gasteiger partial charge in [-0.25, -0.2) is 0 Å². The van der Waals surface area contributed by atoms with Gasteiger partial charge in [-0.05, 0) is 39.5 Å². The van der Waals surface area contributed by atoms with Gasteiger partial charge in [-0.2, -0.15) is 0 Å². The summed E-state index contributed by atoms with van der Waals surface area (Å²) in [6.07, 6.45) is 6.48. The molecule has 0 aromatic rings. The summed E-state index contributed by atoms with van der Waals surface area (Å²) in [5.41, 5.74) is 5.16. The number of amides is 1. The van der Waals surface area contributed by atoms with Crippen molar-refractivity contribution in [2.75, 3.05) is 6.54 Å². The van der Waals surface area contributed by atoms with Crippen molar-refractivity contribution in [3.8, 4) is 0 Å². The van der Waals surface area contributed by atoms with Gasteiger partial charge in [-0.3, -0.25) is 4.79 Å². The fraction of sp³-hybridized carbons (Fsp3) is 0.923. The van der Waals surface area contributed by atoms with Crippen LogP contribution in [-0.2, 0) is 4.79 Å². The number of halogens is 1. The van der Waals surface area contributed by atoms with Crippen LogP contribution in [0.1, 0.15) is 52.9 Å². The van der Waals surface area contributed by atoms with Crippen molar-refractivity contribution in [2.24, 2.45) is 17.1 Å². The average Bonchev–Trinajstić information content (AvgIpc) is 2.30. The highest BCUT2D eigenvalue weighted by atomic mass is 35.5. The monoisotopic (exact) mass is 262 g/mol. The van der Waals surface area contributed by atoms with Gasteiger partial charge in [0, 0.05) is 12.6 Å². The van der Waals surface area contributed by atoms with Crippen molar-refractivity contribution in [1.29, 1.82) is 0 Å². The maximum absolute atomic E-state index is 12.0. The van der Waals surface area contributed by atoms with Crippen molar-refractivity contribution >= 4 is 18.3 Å². The minimum Gasteiger partial charge on any atom is -0.353 e. The molecule has 1 unspecified atom stereocenters. The highest BCUT2D eigenvalue weighted by Gasteiger charge is 2.29. The molecule has 1 aliphatic rings. The second kappa shape index (κ2) is 7.22. The van der Waals surface area contributed by atoms with Crippen LogP contribution in [0.3, 0.4) is 0 Å². The number of nitrogens with one attached hydrogen (secondary N) is 1. The maximum Gasteiger partial charge on any atom is 0.227 e. The lowest BCUT2D eigenvalue weighted by atomic mass is 9.83. The molecule has 4 heteroatoms. The number of hydrogen-bond acceptors (Lipinski definition) is 2. The summed E-state index contributed by atoms with van der Waals surface area (Å²) in [6.45, 7) is 6.32. The van der Waals surface area contributed by atoms with Crippen molar-refractivity contribution in [2.45, 2.75) is 58.9 Å². The molecule has 3 N–H and O–H groups in total. The zero-order valence-corrected chi connectivity index (χ0v) is 12.1. The topological polar surface area (TPSA) is 55.1 Å². The second-order valence-electron chi connectivity index (χ2n) is 5.75. The summed E-state index contributed by atoms with van der Waals surface area (Å²) in [6, 6.07) is 0.290. The standard InChI is InChI=1S/C13H26N2O.ClH/c1-10(11-7-5-4-6-8-11)15-12(16)13(2,3)9-14;/h10-11H,4-9,14H2,1-3H3,(H,15,16);1H. The zero-order chi connectivity index (χ0) is 12.2. The average molecular weight is 263 g/mol. The van der Waals surface area contributed by atoms with Crippen LogP contribution in [0.5, 0.6) is 0 Å². The van der Waals surface area contributed by atoms with E-state index in [1.165, 1.54) is 32.1 Å². The molecule has 1 saturated carbocycles. The van der Waals surface area contributed by atoms with E-state index in [1.54, 1.807) is 0 Å². The predicted molar refractivity (Wildman–Crippen MR) is 74.3 cm³/mol. The third-order valence-electron chi connectivity index (χ3n) is 3.84. The maximum atomic E-state index is 12.0. The fourth-order valence-corrected chi connectivity index (χ4v) is 2.25. The van der Waals surface area contributed by atoms with Crippen LogP contribution in [0.25, 0.3) is 0 Å². The van der Waals surface area contributed by atoms with Gasteiger partial charge in [-0.15, -0.1) is 12.4 Å². The van der Waals surface area contributed by atoms with Gasteiger partial charge >= 0.3 is 0 Å². The normalized spacial score (nSPS) is 19.3. The van der Waals surface area contributed by atoms with E-state index in [-0.39, 0.29) is 18.3 Å². The molecule has 0 radical (unpaired) electrons. The van der Waals surface area contributed by atoms with Crippen LogP contribution in [-0.4, -0.2) is 18.5 Å². The highest BCUT2D eigenvalue weighted by Crippen LogP contribution is 2.26. The molecule has 0 heterocycles. The lowest BCUT2D eigenvalue weighted by Gasteiger charge is -2.31. The smallest absolute Gasteiger partial charge is 0.227 e. The molecule has 0 saturated heterocycles. The molecule has 17 heavy (non-hydrogen) atoms. The Balaban J connectivity index is 0.00000256. The first-order valence-corrected chi connectivity index (χ1v) is 6.48. The van der Waals surface area contributed by atoms with Crippen LogP contribution < -0.4 is 11.1 Å². The molecule has 1 aliphatic carbocycles. The van der Waals surface area contributed by atoms with Crippen LogP contribution in [0.15, 0.2) is 0 Å². The molecular weight excluding hydrogens is 236 g/mol. The summed E-state index contributed by atoms with van der Waals surface area (Å²) >= 11 is 0. The molecule has 0 spiro atoms. The van der Waals surface area contributed by atoms with Gasteiger partial charge in [0.15, 0.2) is 0 Å². The van der Waals surface area contributed by atoms with E-state index in [2.05, 4.69) is 12.2 Å². The second-order valence-corrected chi connectivity index (χ2v) is 5.75. The van der Waals surface area contributed by atoms with E-state index < -0.39 is 5.41 Å². The number of carbonyl (C=O) groups excluding carboxylic acids is 1. The highest BCUT2D eigenvalue weighted by molar-refractivity contribution is 5.85. The lowest BCUT2D eigenvalue weighted by molar-refractivity contribution is -0.129. The van der Waals surface area contributed by atoms with Crippen LogP contribution >= 0.6 is 12.4 Å². The number of hydrogen-bond donors (Lipinski definition) is 2. The van der Waals surface area contributed by atoms with Crippen molar-refractivity contribution < 1.29 is 4.79 Å². The van der Waals surface area contributed by atoms with E-state index >= 15 is 0 Å². The van der Waals surface area contributed by atoms with E-state index in [0.29, 0.717) is 18.5 Å². The third kappa shape index (κ3) is 4.84. The minimum atomic E-state index is -0.442. The number of carbonyl (C=O) groups is 1. The Kier molecular flexibility index (Phi) is 7.10. The van der Waals surface area contributed by atoms with E-state index in [0.717, 1.165) is 0 Å². The third-order valence-corrected chi connectivity index (χ3v) is 3.84. The lowest BCUT2D eigenvalue weighted by Crippen LogP contribution is -2.47. The summed E-state index contributed by atoms with van der Waals surface area (Å²) in [5, 5.41) is 3.12. The van der Waals surface area contributed by atoms with Gasteiger partial charge < -0.3 is 11.1 Å². The molecule has 1 amide bonds. The Morgan fingerprint density at radius 2 is 1.88 bits per heavy atom.